The first-order chi connectivity index (χ1) is 10.6. The van der Waals surface area contributed by atoms with Crippen LogP contribution in [-0.2, 0) is 9.53 Å². The Morgan fingerprint density at radius 3 is 2.86 bits per heavy atom. The monoisotopic (exact) mass is 306 g/mol. The van der Waals surface area contributed by atoms with Crippen molar-refractivity contribution in [1.82, 2.24) is 0 Å². The van der Waals surface area contributed by atoms with Gasteiger partial charge >= 0.3 is 5.97 Å². The van der Waals surface area contributed by atoms with Crippen LogP contribution in [0.3, 0.4) is 0 Å². The molecule has 1 heterocycles. The summed E-state index contributed by atoms with van der Waals surface area (Å²) in [5.41, 5.74) is 0. The summed E-state index contributed by atoms with van der Waals surface area (Å²) in [7, 11) is 0. The van der Waals surface area contributed by atoms with Crippen LogP contribution in [0.5, 0.6) is 5.75 Å². The number of rotatable bonds is 6. The Labute approximate surface area is 129 Å². The lowest BCUT2D eigenvalue weighted by Gasteiger charge is -2.21. The number of hydrogen-bond donors (Lipinski definition) is 2. The number of hydrogen-bond acceptors (Lipinski definition) is 5. The van der Waals surface area contributed by atoms with Gasteiger partial charge in [-0.05, 0) is 30.9 Å². The van der Waals surface area contributed by atoms with E-state index in [0.717, 1.165) is 5.75 Å². The number of carbonyl (C=O) groups is 1. The van der Waals surface area contributed by atoms with Crippen LogP contribution >= 0.6 is 0 Å². The Bertz CT molecular complexity index is 503. The molecule has 1 aromatic carbocycles. The van der Waals surface area contributed by atoms with Crippen molar-refractivity contribution in [3.8, 4) is 5.75 Å². The molecule has 1 aliphatic heterocycles. The number of aliphatic hydroxyl groups excluding tert-OH is 2. The van der Waals surface area contributed by atoms with Gasteiger partial charge in [0.1, 0.15) is 18.5 Å². The summed E-state index contributed by atoms with van der Waals surface area (Å²) in [6, 6.07) is 9.37. The van der Waals surface area contributed by atoms with Crippen LogP contribution in [0.4, 0.5) is 0 Å². The van der Waals surface area contributed by atoms with Crippen LogP contribution in [-0.4, -0.2) is 41.1 Å². The minimum absolute atomic E-state index is 0.0304. The third-order valence-corrected chi connectivity index (χ3v) is 4.70. The average Bonchev–Trinajstić information content (AvgIpc) is 2.99. The molecule has 5 heteroatoms. The van der Waals surface area contributed by atoms with E-state index < -0.39 is 12.2 Å². The highest BCUT2D eigenvalue weighted by atomic mass is 16.6. The molecule has 0 radical (unpaired) electrons. The molecule has 2 N–H and O–H groups in total. The Hall–Kier alpha value is -1.59. The number of fused-ring (bicyclic) bond motifs is 1. The topological polar surface area (TPSA) is 76.0 Å². The largest absolute Gasteiger partial charge is 0.491 e. The highest BCUT2D eigenvalue weighted by Crippen LogP contribution is 2.43. The zero-order chi connectivity index (χ0) is 15.5. The Kier molecular flexibility index (Phi) is 4.64. The molecule has 3 rings (SSSR count). The molecular formula is C17H22O5. The average molecular weight is 306 g/mol. The second-order valence-electron chi connectivity index (χ2n) is 6.22. The fourth-order valence-corrected chi connectivity index (χ4v) is 3.56. The third-order valence-electron chi connectivity index (χ3n) is 4.70. The van der Waals surface area contributed by atoms with Gasteiger partial charge in [-0.15, -0.1) is 0 Å². The molecule has 2 unspecified atom stereocenters. The molecule has 0 aromatic heterocycles. The molecule has 22 heavy (non-hydrogen) atoms. The predicted molar refractivity (Wildman–Crippen MR) is 79.3 cm³/mol. The lowest BCUT2D eigenvalue weighted by Crippen LogP contribution is -2.24. The molecule has 5 atom stereocenters. The number of esters is 1. The molecule has 120 valence electrons. The molecule has 0 spiro atoms. The van der Waals surface area contributed by atoms with E-state index in [0.29, 0.717) is 25.7 Å². The minimum Gasteiger partial charge on any atom is -0.491 e. The maximum atomic E-state index is 11.3. The molecule has 2 fully saturated rings. The molecule has 1 saturated heterocycles. The smallest absolute Gasteiger partial charge is 0.306 e. The summed E-state index contributed by atoms with van der Waals surface area (Å²) in [5.74, 6) is 0.699. The first-order valence-electron chi connectivity index (χ1n) is 7.87. The van der Waals surface area contributed by atoms with E-state index in [4.69, 9.17) is 9.47 Å². The fraction of sp³-hybridized carbons (Fsp3) is 0.588. The van der Waals surface area contributed by atoms with Crippen LogP contribution in [0.15, 0.2) is 30.3 Å². The van der Waals surface area contributed by atoms with Gasteiger partial charge in [0, 0.05) is 12.3 Å². The van der Waals surface area contributed by atoms with Crippen LogP contribution in [0.1, 0.15) is 25.7 Å². The van der Waals surface area contributed by atoms with Crippen LogP contribution in [0, 0.1) is 11.8 Å². The Balaban J connectivity index is 1.44. The Morgan fingerprint density at radius 1 is 1.32 bits per heavy atom. The number of para-hydroxylation sites is 1. The fourth-order valence-electron chi connectivity index (χ4n) is 3.56. The molecular weight excluding hydrogens is 284 g/mol. The molecule has 1 aliphatic carbocycles. The van der Waals surface area contributed by atoms with Crippen LogP contribution < -0.4 is 4.74 Å². The molecule has 1 saturated carbocycles. The van der Waals surface area contributed by atoms with Crippen molar-refractivity contribution in [3.05, 3.63) is 30.3 Å². The van der Waals surface area contributed by atoms with E-state index in [2.05, 4.69) is 0 Å². The third kappa shape index (κ3) is 3.42. The van der Waals surface area contributed by atoms with Crippen molar-refractivity contribution in [2.75, 3.05) is 6.61 Å². The lowest BCUT2D eigenvalue weighted by atomic mass is 9.87. The second kappa shape index (κ2) is 6.67. The van der Waals surface area contributed by atoms with E-state index in [-0.39, 0.29) is 30.5 Å². The van der Waals surface area contributed by atoms with E-state index in [1.165, 1.54) is 0 Å². The molecule has 2 aliphatic rings. The van der Waals surface area contributed by atoms with Crippen molar-refractivity contribution < 1.29 is 24.5 Å². The van der Waals surface area contributed by atoms with Gasteiger partial charge in [-0.1, -0.05) is 18.2 Å². The number of ether oxygens (including phenoxy) is 2. The first kappa shape index (κ1) is 15.3. The molecule has 0 bridgehead atoms. The quantitative estimate of drug-likeness (QED) is 0.779. The number of aliphatic hydroxyl groups is 2. The van der Waals surface area contributed by atoms with Gasteiger partial charge in [0.05, 0.1) is 18.6 Å². The van der Waals surface area contributed by atoms with E-state index >= 15 is 0 Å². The number of carbonyl (C=O) groups excluding carboxylic acids is 1. The highest BCUT2D eigenvalue weighted by molar-refractivity contribution is 5.72. The molecule has 0 amide bonds. The van der Waals surface area contributed by atoms with Gasteiger partial charge < -0.3 is 19.7 Å². The summed E-state index contributed by atoms with van der Waals surface area (Å²) in [4.78, 5) is 11.3. The minimum atomic E-state index is -0.579. The zero-order valence-corrected chi connectivity index (χ0v) is 12.4. The molecule has 5 nitrogen and oxygen atoms in total. The van der Waals surface area contributed by atoms with Crippen LogP contribution in [0.25, 0.3) is 0 Å². The van der Waals surface area contributed by atoms with Crippen LogP contribution in [0.2, 0.25) is 0 Å². The van der Waals surface area contributed by atoms with E-state index in [1.807, 2.05) is 30.3 Å². The maximum absolute atomic E-state index is 11.3. The van der Waals surface area contributed by atoms with Gasteiger partial charge in [-0.2, -0.15) is 0 Å². The van der Waals surface area contributed by atoms with Gasteiger partial charge in [0.25, 0.3) is 0 Å². The summed E-state index contributed by atoms with van der Waals surface area (Å²) in [6.07, 6.45) is 0.991. The van der Waals surface area contributed by atoms with Crippen molar-refractivity contribution in [3.63, 3.8) is 0 Å². The lowest BCUT2D eigenvalue weighted by molar-refractivity contribution is -0.141. The van der Waals surface area contributed by atoms with Crippen molar-refractivity contribution in [2.45, 2.75) is 44.0 Å². The van der Waals surface area contributed by atoms with Gasteiger partial charge in [0.15, 0.2) is 0 Å². The van der Waals surface area contributed by atoms with Gasteiger partial charge in [-0.25, -0.2) is 0 Å². The summed E-state index contributed by atoms with van der Waals surface area (Å²) < 4.78 is 10.7. The first-order valence-corrected chi connectivity index (χ1v) is 7.87. The summed E-state index contributed by atoms with van der Waals surface area (Å²) in [5, 5.41) is 20.1. The van der Waals surface area contributed by atoms with E-state index in [9.17, 15) is 15.0 Å². The van der Waals surface area contributed by atoms with Crippen molar-refractivity contribution in [2.24, 2.45) is 11.8 Å². The SMILES string of the molecule is O=C1CC2C(C[C@H](O)[C@H]2CC[C@@H](O)COc2ccccc2)O1. The predicted octanol–water partition coefficient (Wildman–Crippen LogP) is 1.52. The van der Waals surface area contributed by atoms with Gasteiger partial charge in [0.2, 0.25) is 0 Å². The normalized spacial score (nSPS) is 31.6. The Morgan fingerprint density at radius 2 is 2.09 bits per heavy atom. The summed E-state index contributed by atoms with van der Waals surface area (Å²) >= 11 is 0. The highest BCUT2D eigenvalue weighted by Gasteiger charge is 2.49. The van der Waals surface area contributed by atoms with Gasteiger partial charge in [-0.3, -0.25) is 4.79 Å². The standard InChI is InChI=1S/C17H22O5/c18-11(10-21-12-4-2-1-3-5-12)6-7-13-14-8-17(20)22-16(14)9-15(13)19/h1-5,11,13-16,18-19H,6-10H2/t11-,13+,14?,15+,16?/m1/s1. The van der Waals surface area contributed by atoms with Crippen molar-refractivity contribution in [1.29, 1.82) is 0 Å². The molecule has 1 aromatic rings. The summed E-state index contributed by atoms with van der Waals surface area (Å²) in [6.45, 7) is 0.232. The van der Waals surface area contributed by atoms with Crippen molar-refractivity contribution >= 4 is 5.97 Å². The number of benzene rings is 1. The second-order valence-corrected chi connectivity index (χ2v) is 6.22. The van der Waals surface area contributed by atoms with E-state index in [1.54, 1.807) is 0 Å². The zero-order valence-electron chi connectivity index (χ0n) is 12.4. The maximum Gasteiger partial charge on any atom is 0.306 e.